The largest absolute Gasteiger partial charge is 0.113 e. The molecular weight excluding hydrogens is 252 g/mol. The molecule has 0 heterocycles. The zero-order valence-electron chi connectivity index (χ0n) is 11.1. The molecule has 0 bridgehead atoms. The number of alkyl halides is 1. The van der Waals surface area contributed by atoms with Crippen LogP contribution in [0.3, 0.4) is 0 Å². The Labute approximate surface area is 119 Å². The highest BCUT2D eigenvalue weighted by Gasteiger charge is 2.24. The fourth-order valence-electron chi connectivity index (χ4n) is 2.78. The van der Waals surface area contributed by atoms with Crippen LogP contribution in [0.4, 0.5) is 0 Å². The lowest BCUT2D eigenvalue weighted by molar-refractivity contribution is 0.875. The summed E-state index contributed by atoms with van der Waals surface area (Å²) in [6.07, 6.45) is 4.51. The molecule has 0 fully saturated rings. The molecule has 19 heavy (non-hydrogen) atoms. The predicted molar refractivity (Wildman–Crippen MR) is 83.4 cm³/mol. The summed E-state index contributed by atoms with van der Waals surface area (Å²) in [5.41, 5.74) is 6.46. The highest BCUT2D eigenvalue weighted by Crippen LogP contribution is 2.44. The predicted octanol–water partition coefficient (Wildman–Crippen LogP) is 5.83. The molecule has 0 aromatic heterocycles. The lowest BCUT2D eigenvalue weighted by Gasteiger charge is -2.10. The summed E-state index contributed by atoms with van der Waals surface area (Å²) in [5, 5.41) is 0.0543. The lowest BCUT2D eigenvalue weighted by atomic mass is 9.97. The van der Waals surface area contributed by atoms with Gasteiger partial charge in [-0.25, -0.2) is 0 Å². The fourth-order valence-corrected chi connectivity index (χ4v) is 3.14. The van der Waals surface area contributed by atoms with Crippen LogP contribution < -0.4 is 0 Å². The van der Waals surface area contributed by atoms with Gasteiger partial charge in [0.15, 0.2) is 0 Å². The second kappa shape index (κ2) is 5.22. The molecule has 1 aliphatic carbocycles. The maximum Gasteiger partial charge on any atom is 0.0804 e. The minimum atomic E-state index is 0.0543. The molecule has 0 saturated heterocycles. The van der Waals surface area contributed by atoms with Crippen molar-refractivity contribution in [2.75, 3.05) is 0 Å². The summed E-state index contributed by atoms with van der Waals surface area (Å²) in [4.78, 5) is 0. The minimum Gasteiger partial charge on any atom is -0.113 e. The van der Waals surface area contributed by atoms with Crippen molar-refractivity contribution in [2.45, 2.75) is 25.1 Å². The third-order valence-electron chi connectivity index (χ3n) is 3.69. The van der Waals surface area contributed by atoms with Crippen LogP contribution in [-0.4, -0.2) is 0 Å². The van der Waals surface area contributed by atoms with Crippen LogP contribution in [0.25, 0.3) is 17.2 Å². The number of allylic oxidation sites excluding steroid dienone is 1. The number of hydrogen-bond donors (Lipinski definition) is 0. The summed E-state index contributed by atoms with van der Waals surface area (Å²) in [5.74, 6) is 0. The Morgan fingerprint density at radius 1 is 1.00 bits per heavy atom. The summed E-state index contributed by atoms with van der Waals surface area (Å²) < 4.78 is 0. The second-order valence-corrected chi connectivity index (χ2v) is 5.44. The van der Waals surface area contributed by atoms with Crippen LogP contribution in [0.2, 0.25) is 0 Å². The molecule has 1 aliphatic rings. The van der Waals surface area contributed by atoms with E-state index in [1.165, 1.54) is 27.8 Å². The lowest BCUT2D eigenvalue weighted by Crippen LogP contribution is -1.91. The topological polar surface area (TPSA) is 0 Å². The van der Waals surface area contributed by atoms with Gasteiger partial charge < -0.3 is 0 Å². The van der Waals surface area contributed by atoms with Gasteiger partial charge in [0, 0.05) is 0 Å². The number of halogens is 1. The van der Waals surface area contributed by atoms with Crippen LogP contribution in [0, 0.1) is 0 Å². The van der Waals surface area contributed by atoms with Crippen molar-refractivity contribution in [3.8, 4) is 11.1 Å². The van der Waals surface area contributed by atoms with Crippen molar-refractivity contribution in [1.29, 1.82) is 0 Å². The monoisotopic (exact) mass is 268 g/mol. The first-order valence-electron chi connectivity index (χ1n) is 6.84. The van der Waals surface area contributed by atoms with Gasteiger partial charge in [0.1, 0.15) is 0 Å². The zero-order chi connectivity index (χ0) is 13.2. The molecule has 0 amide bonds. The van der Waals surface area contributed by atoms with Crippen molar-refractivity contribution in [1.82, 2.24) is 0 Å². The van der Waals surface area contributed by atoms with Crippen molar-refractivity contribution in [3.05, 3.63) is 65.2 Å². The summed E-state index contributed by atoms with van der Waals surface area (Å²) in [6, 6.07) is 17.0. The van der Waals surface area contributed by atoms with E-state index in [0.29, 0.717) is 0 Å². The minimum absolute atomic E-state index is 0.0543. The van der Waals surface area contributed by atoms with Crippen molar-refractivity contribution < 1.29 is 0 Å². The molecular formula is C18H17Cl. The Balaban J connectivity index is 2.11. The van der Waals surface area contributed by atoms with Crippen LogP contribution in [-0.2, 0) is 0 Å². The van der Waals surface area contributed by atoms with E-state index in [4.69, 9.17) is 11.6 Å². The molecule has 96 valence electrons. The van der Waals surface area contributed by atoms with Gasteiger partial charge in [-0.3, -0.25) is 0 Å². The van der Waals surface area contributed by atoms with Crippen molar-refractivity contribution in [3.63, 3.8) is 0 Å². The van der Waals surface area contributed by atoms with Crippen molar-refractivity contribution in [2.24, 2.45) is 0 Å². The van der Waals surface area contributed by atoms with Gasteiger partial charge in [0.25, 0.3) is 0 Å². The van der Waals surface area contributed by atoms with Crippen LogP contribution in [0.15, 0.2) is 54.1 Å². The molecule has 2 aromatic carbocycles. The maximum absolute atomic E-state index is 6.58. The smallest absolute Gasteiger partial charge is 0.0804 e. The molecule has 0 nitrogen and oxygen atoms in total. The van der Waals surface area contributed by atoms with Gasteiger partial charge in [-0.05, 0) is 34.2 Å². The van der Waals surface area contributed by atoms with E-state index in [-0.39, 0.29) is 5.38 Å². The first-order valence-corrected chi connectivity index (χ1v) is 7.27. The van der Waals surface area contributed by atoms with Gasteiger partial charge in [0.2, 0.25) is 0 Å². The van der Waals surface area contributed by atoms with E-state index >= 15 is 0 Å². The van der Waals surface area contributed by atoms with Gasteiger partial charge in [-0.15, -0.1) is 11.6 Å². The van der Waals surface area contributed by atoms with Gasteiger partial charge in [0.05, 0.1) is 5.38 Å². The standard InChI is InChI=1S/C18H17Cl/c1-2-7-14-12-17-15(13-8-4-3-5-9-13)10-6-11-16(17)18(14)19/h3-6,8-12,18H,2,7H2,1H3. The normalized spacial score (nSPS) is 17.2. The Morgan fingerprint density at radius 2 is 1.79 bits per heavy atom. The number of hydrogen-bond acceptors (Lipinski definition) is 0. The Kier molecular flexibility index (Phi) is 3.44. The molecule has 0 N–H and O–H groups in total. The zero-order valence-corrected chi connectivity index (χ0v) is 11.8. The molecule has 0 aliphatic heterocycles. The van der Waals surface area contributed by atoms with Crippen molar-refractivity contribution >= 4 is 17.7 Å². The number of rotatable bonds is 3. The molecule has 3 rings (SSSR count). The molecule has 0 saturated carbocycles. The van der Waals surface area contributed by atoms with Crippen LogP contribution in [0.5, 0.6) is 0 Å². The van der Waals surface area contributed by atoms with E-state index in [2.05, 4.69) is 61.5 Å². The highest BCUT2D eigenvalue weighted by atomic mass is 35.5. The Morgan fingerprint density at radius 3 is 2.53 bits per heavy atom. The van der Waals surface area contributed by atoms with Crippen LogP contribution >= 0.6 is 11.6 Å². The molecule has 0 spiro atoms. The molecule has 1 heteroatoms. The number of benzene rings is 2. The first kappa shape index (κ1) is 12.5. The van der Waals surface area contributed by atoms with E-state index in [9.17, 15) is 0 Å². The summed E-state index contributed by atoms with van der Waals surface area (Å²) >= 11 is 6.58. The average Bonchev–Trinajstić information content (AvgIpc) is 2.77. The van der Waals surface area contributed by atoms with E-state index in [0.717, 1.165) is 12.8 Å². The SMILES string of the molecule is CCCC1=Cc2c(-c3ccccc3)cccc2C1Cl. The van der Waals surface area contributed by atoms with Gasteiger partial charge >= 0.3 is 0 Å². The molecule has 1 atom stereocenters. The maximum atomic E-state index is 6.58. The summed E-state index contributed by atoms with van der Waals surface area (Å²) in [6.45, 7) is 2.20. The van der Waals surface area contributed by atoms with Gasteiger partial charge in [-0.1, -0.05) is 68.0 Å². The highest BCUT2D eigenvalue weighted by molar-refractivity contribution is 6.24. The Hall–Kier alpha value is -1.53. The third kappa shape index (κ3) is 2.21. The second-order valence-electron chi connectivity index (χ2n) is 5.01. The Bertz CT molecular complexity index is 611. The van der Waals surface area contributed by atoms with E-state index < -0.39 is 0 Å². The molecule has 1 unspecified atom stereocenters. The summed E-state index contributed by atoms with van der Waals surface area (Å²) in [7, 11) is 0. The average molecular weight is 269 g/mol. The molecule has 2 aromatic rings. The van der Waals surface area contributed by atoms with Gasteiger partial charge in [-0.2, -0.15) is 0 Å². The number of fused-ring (bicyclic) bond motifs is 1. The van der Waals surface area contributed by atoms with Crippen LogP contribution in [0.1, 0.15) is 36.3 Å². The van der Waals surface area contributed by atoms with E-state index in [1.807, 2.05) is 0 Å². The first-order chi connectivity index (χ1) is 9.31. The third-order valence-corrected chi connectivity index (χ3v) is 4.21. The molecule has 0 radical (unpaired) electrons. The fraction of sp³-hybridized carbons (Fsp3) is 0.222. The van der Waals surface area contributed by atoms with E-state index in [1.54, 1.807) is 0 Å². The quantitative estimate of drug-likeness (QED) is 0.614.